The Balaban J connectivity index is 2.41. The molecule has 2 rings (SSSR count). The van der Waals surface area contributed by atoms with Gasteiger partial charge in [0.15, 0.2) is 11.6 Å². The van der Waals surface area contributed by atoms with Gasteiger partial charge in [0.25, 0.3) is 0 Å². The molecular weight excluding hydrogens is 254 g/mol. The van der Waals surface area contributed by atoms with Crippen molar-refractivity contribution in [2.24, 2.45) is 7.05 Å². The third kappa shape index (κ3) is 2.87. The van der Waals surface area contributed by atoms with E-state index in [0.717, 1.165) is 22.5 Å². The summed E-state index contributed by atoms with van der Waals surface area (Å²) in [6.07, 6.45) is 0.405. The van der Waals surface area contributed by atoms with Gasteiger partial charge < -0.3 is 5.11 Å². The number of carboxylic acid groups (broad SMARTS) is 1. The number of hydrogen-bond acceptors (Lipinski definition) is 3. The molecule has 1 N–H and O–H groups in total. The van der Waals surface area contributed by atoms with Crippen LogP contribution in [0.25, 0.3) is 11.4 Å². The first-order valence-electron chi connectivity index (χ1n) is 6.58. The van der Waals surface area contributed by atoms with Gasteiger partial charge in [-0.2, -0.15) is 5.10 Å². The zero-order valence-electron chi connectivity index (χ0n) is 12.3. The van der Waals surface area contributed by atoms with Gasteiger partial charge >= 0.3 is 5.97 Å². The maximum Gasteiger partial charge on any atom is 0.303 e. The maximum atomic E-state index is 10.6. The highest BCUT2D eigenvalue weighted by atomic mass is 16.4. The van der Waals surface area contributed by atoms with Crippen molar-refractivity contribution in [1.82, 2.24) is 14.8 Å². The minimum absolute atomic E-state index is 0.0509. The summed E-state index contributed by atoms with van der Waals surface area (Å²) in [5.74, 6) is 0.534. The zero-order chi connectivity index (χ0) is 14.9. The quantitative estimate of drug-likeness (QED) is 0.929. The summed E-state index contributed by atoms with van der Waals surface area (Å²) in [4.78, 5) is 15.1. The highest BCUT2D eigenvalue weighted by Crippen LogP contribution is 2.26. The molecule has 106 valence electrons. The summed E-state index contributed by atoms with van der Waals surface area (Å²) in [5.41, 5.74) is 4.61. The van der Waals surface area contributed by atoms with E-state index in [0.29, 0.717) is 12.2 Å². The molecule has 5 nitrogen and oxygen atoms in total. The van der Waals surface area contributed by atoms with Gasteiger partial charge in [-0.15, -0.1) is 0 Å². The number of aliphatic carboxylic acids is 1. The number of carboxylic acids is 1. The molecule has 0 fully saturated rings. The molecule has 0 radical (unpaired) electrons. The Morgan fingerprint density at radius 2 is 1.85 bits per heavy atom. The molecular formula is C15H19N3O2. The number of benzene rings is 1. The normalized spacial score (nSPS) is 10.8. The minimum Gasteiger partial charge on any atom is -0.481 e. The molecule has 5 heteroatoms. The summed E-state index contributed by atoms with van der Waals surface area (Å²) < 4.78 is 1.72. The molecule has 0 aliphatic heterocycles. The second kappa shape index (κ2) is 5.45. The molecule has 0 aliphatic rings. The number of aryl methyl sites for hydroxylation is 5. The second-order valence-electron chi connectivity index (χ2n) is 5.14. The molecule has 20 heavy (non-hydrogen) atoms. The van der Waals surface area contributed by atoms with Crippen molar-refractivity contribution in [3.05, 3.63) is 34.6 Å². The van der Waals surface area contributed by atoms with Crippen molar-refractivity contribution in [3.63, 3.8) is 0 Å². The Kier molecular flexibility index (Phi) is 3.88. The molecule has 0 atom stereocenters. The molecule has 0 aliphatic carbocycles. The molecule has 0 saturated heterocycles. The van der Waals surface area contributed by atoms with Gasteiger partial charge in [0, 0.05) is 19.0 Å². The van der Waals surface area contributed by atoms with Crippen LogP contribution in [0.1, 0.15) is 28.9 Å². The van der Waals surface area contributed by atoms with E-state index < -0.39 is 5.97 Å². The van der Waals surface area contributed by atoms with Crippen LogP contribution in [0.15, 0.2) is 12.1 Å². The smallest absolute Gasteiger partial charge is 0.303 e. The number of rotatable bonds is 4. The van der Waals surface area contributed by atoms with Crippen LogP contribution in [-0.2, 0) is 18.3 Å². The van der Waals surface area contributed by atoms with Crippen molar-refractivity contribution >= 4 is 5.97 Å². The summed E-state index contributed by atoms with van der Waals surface area (Å²) in [6.45, 7) is 6.18. The summed E-state index contributed by atoms with van der Waals surface area (Å²) in [5, 5.41) is 13.0. The second-order valence-corrected chi connectivity index (χ2v) is 5.14. The van der Waals surface area contributed by atoms with Crippen molar-refractivity contribution in [3.8, 4) is 11.4 Å². The Labute approximate surface area is 118 Å². The van der Waals surface area contributed by atoms with Crippen molar-refractivity contribution in [2.75, 3.05) is 0 Å². The summed E-state index contributed by atoms with van der Waals surface area (Å²) >= 11 is 0. The largest absolute Gasteiger partial charge is 0.481 e. The number of nitrogens with zero attached hydrogens (tertiary/aromatic N) is 3. The van der Waals surface area contributed by atoms with E-state index in [1.165, 1.54) is 5.56 Å². The van der Waals surface area contributed by atoms with Gasteiger partial charge in [-0.05, 0) is 31.9 Å². The molecule has 2 aromatic rings. The highest BCUT2D eigenvalue weighted by molar-refractivity contribution is 5.67. The van der Waals surface area contributed by atoms with Crippen molar-refractivity contribution < 1.29 is 9.90 Å². The van der Waals surface area contributed by atoms with Gasteiger partial charge in [0.2, 0.25) is 0 Å². The van der Waals surface area contributed by atoms with Crippen LogP contribution in [0.2, 0.25) is 0 Å². The van der Waals surface area contributed by atoms with Crippen molar-refractivity contribution in [1.29, 1.82) is 0 Å². The third-order valence-electron chi connectivity index (χ3n) is 3.27. The number of hydrogen-bond donors (Lipinski definition) is 1. The van der Waals surface area contributed by atoms with Crippen LogP contribution in [0, 0.1) is 20.8 Å². The monoisotopic (exact) mass is 273 g/mol. The fourth-order valence-electron chi connectivity index (χ4n) is 2.51. The Hall–Kier alpha value is -2.17. The minimum atomic E-state index is -0.832. The zero-order valence-corrected chi connectivity index (χ0v) is 12.3. The Bertz CT molecular complexity index is 636. The molecule has 0 unspecified atom stereocenters. The van der Waals surface area contributed by atoms with Crippen LogP contribution < -0.4 is 0 Å². The molecule has 0 spiro atoms. The fourth-order valence-corrected chi connectivity index (χ4v) is 2.51. The van der Waals surface area contributed by atoms with E-state index in [9.17, 15) is 4.79 Å². The van der Waals surface area contributed by atoms with Crippen molar-refractivity contribution in [2.45, 2.75) is 33.6 Å². The highest BCUT2D eigenvalue weighted by Gasteiger charge is 2.15. The van der Waals surface area contributed by atoms with E-state index >= 15 is 0 Å². The van der Waals surface area contributed by atoms with Crippen LogP contribution >= 0.6 is 0 Å². The van der Waals surface area contributed by atoms with E-state index in [2.05, 4.69) is 43.0 Å². The first-order chi connectivity index (χ1) is 9.38. The van der Waals surface area contributed by atoms with Crippen LogP contribution in [0.5, 0.6) is 0 Å². The Morgan fingerprint density at radius 3 is 2.40 bits per heavy atom. The fraction of sp³-hybridized carbons (Fsp3) is 0.400. The molecule has 0 amide bonds. The summed E-state index contributed by atoms with van der Waals surface area (Å²) in [7, 11) is 1.84. The third-order valence-corrected chi connectivity index (χ3v) is 3.27. The van der Waals surface area contributed by atoms with Gasteiger partial charge in [-0.3, -0.25) is 4.79 Å². The lowest BCUT2D eigenvalue weighted by atomic mass is 9.99. The lowest BCUT2D eigenvalue weighted by molar-refractivity contribution is -0.137. The first-order valence-corrected chi connectivity index (χ1v) is 6.58. The SMILES string of the molecule is Cc1cc(C)c(-c2nc(CCC(=O)O)nn2C)c(C)c1. The number of carbonyl (C=O) groups is 1. The predicted molar refractivity (Wildman–Crippen MR) is 76.6 cm³/mol. The van der Waals surface area contributed by atoms with E-state index in [4.69, 9.17) is 5.11 Å². The maximum absolute atomic E-state index is 10.6. The average Bonchev–Trinajstić information content (AvgIpc) is 2.67. The lowest BCUT2D eigenvalue weighted by Crippen LogP contribution is -1.99. The number of aromatic nitrogens is 3. The first kappa shape index (κ1) is 14.2. The van der Waals surface area contributed by atoms with Gasteiger partial charge in [-0.25, -0.2) is 9.67 Å². The predicted octanol–water partition coefficient (Wildman–Crippen LogP) is 2.42. The van der Waals surface area contributed by atoms with Crippen LogP contribution in [-0.4, -0.2) is 25.8 Å². The molecule has 1 aromatic heterocycles. The molecule has 1 heterocycles. The standard InChI is InChI=1S/C15H19N3O2/c1-9-7-10(2)14(11(3)8-9)15-16-12(17-18(15)4)5-6-13(19)20/h7-8H,5-6H2,1-4H3,(H,19,20). The van der Waals surface area contributed by atoms with Gasteiger partial charge in [-0.1, -0.05) is 17.7 Å². The topological polar surface area (TPSA) is 68.0 Å². The van der Waals surface area contributed by atoms with E-state index in [1.807, 2.05) is 7.05 Å². The van der Waals surface area contributed by atoms with Gasteiger partial charge in [0.05, 0.1) is 6.42 Å². The van der Waals surface area contributed by atoms with Crippen LogP contribution in [0.3, 0.4) is 0 Å². The average molecular weight is 273 g/mol. The molecule has 0 saturated carbocycles. The Morgan fingerprint density at radius 1 is 1.25 bits per heavy atom. The van der Waals surface area contributed by atoms with Gasteiger partial charge in [0.1, 0.15) is 0 Å². The van der Waals surface area contributed by atoms with E-state index in [-0.39, 0.29) is 6.42 Å². The molecule has 1 aromatic carbocycles. The molecule has 0 bridgehead atoms. The van der Waals surface area contributed by atoms with Crippen LogP contribution in [0.4, 0.5) is 0 Å². The van der Waals surface area contributed by atoms with E-state index in [1.54, 1.807) is 4.68 Å². The summed E-state index contributed by atoms with van der Waals surface area (Å²) in [6, 6.07) is 4.24. The lowest BCUT2D eigenvalue weighted by Gasteiger charge is -2.10.